The number of benzene rings is 1. The molecule has 1 saturated heterocycles. The van der Waals surface area contributed by atoms with Gasteiger partial charge in [0.1, 0.15) is 5.75 Å². The van der Waals surface area contributed by atoms with E-state index in [-0.39, 0.29) is 5.91 Å². The number of nitrogens with zero attached hydrogens (tertiary/aromatic N) is 3. The first-order valence-electron chi connectivity index (χ1n) is 8.60. The molecule has 1 amide bonds. The van der Waals surface area contributed by atoms with Crippen molar-refractivity contribution in [1.82, 2.24) is 15.2 Å². The highest BCUT2D eigenvalue weighted by Crippen LogP contribution is 2.33. The van der Waals surface area contributed by atoms with Gasteiger partial charge in [0.15, 0.2) is 11.5 Å². The molecule has 26 heavy (non-hydrogen) atoms. The molecule has 1 N–H and O–H groups in total. The standard InChI is InChI=1S/C18H28N4O4/c1-21-7-9-22(10-8-21)6-5-18(23)20-19-13-14-11-16(25-3)17(26-4)12-15(14)24-2/h11-13H,5-10H2,1-4H3,(H,20,23). The lowest BCUT2D eigenvalue weighted by molar-refractivity contribution is -0.121. The van der Waals surface area contributed by atoms with E-state index in [1.54, 1.807) is 33.5 Å². The Morgan fingerprint density at radius 1 is 1.08 bits per heavy atom. The fourth-order valence-corrected chi connectivity index (χ4v) is 2.71. The summed E-state index contributed by atoms with van der Waals surface area (Å²) in [6.07, 6.45) is 1.96. The predicted octanol–water partition coefficient (Wildman–Crippen LogP) is 0.800. The second kappa shape index (κ2) is 9.98. The van der Waals surface area contributed by atoms with Gasteiger partial charge in [-0.15, -0.1) is 0 Å². The number of likely N-dealkylation sites (N-methyl/N-ethyl adjacent to an activating group) is 1. The van der Waals surface area contributed by atoms with E-state index in [1.165, 1.54) is 6.21 Å². The number of piperazine rings is 1. The Labute approximate surface area is 154 Å². The molecule has 2 rings (SSSR count). The van der Waals surface area contributed by atoms with Crippen LogP contribution in [-0.2, 0) is 4.79 Å². The van der Waals surface area contributed by atoms with Crippen LogP contribution in [0.25, 0.3) is 0 Å². The summed E-state index contributed by atoms with van der Waals surface area (Å²) in [5, 5.41) is 4.03. The summed E-state index contributed by atoms with van der Waals surface area (Å²) in [7, 11) is 6.80. The zero-order valence-corrected chi connectivity index (χ0v) is 15.9. The van der Waals surface area contributed by atoms with E-state index in [0.717, 1.165) is 32.7 Å². The molecule has 1 fully saturated rings. The molecule has 8 heteroatoms. The van der Waals surface area contributed by atoms with Crippen LogP contribution in [0.5, 0.6) is 17.2 Å². The number of hydrazone groups is 1. The lowest BCUT2D eigenvalue weighted by Crippen LogP contribution is -2.45. The highest BCUT2D eigenvalue weighted by Gasteiger charge is 2.14. The zero-order chi connectivity index (χ0) is 18.9. The summed E-state index contributed by atoms with van der Waals surface area (Å²) >= 11 is 0. The van der Waals surface area contributed by atoms with Crippen LogP contribution in [0.2, 0.25) is 0 Å². The fraction of sp³-hybridized carbons (Fsp3) is 0.556. The lowest BCUT2D eigenvalue weighted by atomic mass is 10.2. The molecule has 1 aromatic carbocycles. The summed E-state index contributed by atoms with van der Waals surface area (Å²) in [5.74, 6) is 1.60. The Bertz CT molecular complexity index is 628. The number of amides is 1. The number of methoxy groups -OCH3 is 3. The fourth-order valence-electron chi connectivity index (χ4n) is 2.71. The maximum absolute atomic E-state index is 12.0. The first-order chi connectivity index (χ1) is 12.6. The van der Waals surface area contributed by atoms with E-state index < -0.39 is 0 Å². The van der Waals surface area contributed by atoms with Crippen molar-refractivity contribution < 1.29 is 19.0 Å². The summed E-state index contributed by atoms with van der Waals surface area (Å²) in [6, 6.07) is 3.47. The van der Waals surface area contributed by atoms with Gasteiger partial charge in [-0.05, 0) is 13.1 Å². The monoisotopic (exact) mass is 364 g/mol. The molecule has 0 aliphatic carbocycles. The number of hydrogen-bond donors (Lipinski definition) is 1. The van der Waals surface area contributed by atoms with Crippen molar-refractivity contribution in [2.24, 2.45) is 5.10 Å². The smallest absolute Gasteiger partial charge is 0.241 e. The van der Waals surface area contributed by atoms with Gasteiger partial charge in [0.25, 0.3) is 0 Å². The molecule has 0 unspecified atom stereocenters. The number of rotatable bonds is 8. The summed E-state index contributed by atoms with van der Waals surface area (Å²) in [4.78, 5) is 16.6. The largest absolute Gasteiger partial charge is 0.496 e. The molecule has 0 aromatic heterocycles. The van der Waals surface area contributed by atoms with Gasteiger partial charge in [0.05, 0.1) is 27.5 Å². The first-order valence-corrected chi connectivity index (χ1v) is 8.60. The highest BCUT2D eigenvalue weighted by molar-refractivity contribution is 5.86. The van der Waals surface area contributed by atoms with Gasteiger partial charge in [0.2, 0.25) is 5.91 Å². The number of carbonyl (C=O) groups excluding carboxylic acids is 1. The van der Waals surface area contributed by atoms with Gasteiger partial charge in [-0.25, -0.2) is 5.43 Å². The molecule has 1 aliphatic rings. The number of hydrogen-bond acceptors (Lipinski definition) is 7. The Kier molecular flexibility index (Phi) is 7.68. The number of carbonyl (C=O) groups is 1. The second-order valence-electron chi connectivity index (χ2n) is 6.14. The maximum Gasteiger partial charge on any atom is 0.241 e. The third-order valence-corrected chi connectivity index (χ3v) is 4.38. The van der Waals surface area contributed by atoms with Crippen LogP contribution in [0.3, 0.4) is 0 Å². The minimum atomic E-state index is -0.111. The summed E-state index contributed by atoms with van der Waals surface area (Å²) in [6.45, 7) is 4.82. The molecule has 1 heterocycles. The van der Waals surface area contributed by atoms with Crippen molar-refractivity contribution in [1.29, 1.82) is 0 Å². The minimum Gasteiger partial charge on any atom is -0.496 e. The number of nitrogens with one attached hydrogen (secondary N) is 1. The predicted molar refractivity (Wildman–Crippen MR) is 100 cm³/mol. The average Bonchev–Trinajstić information content (AvgIpc) is 2.67. The van der Waals surface area contributed by atoms with Gasteiger partial charge in [0, 0.05) is 50.8 Å². The van der Waals surface area contributed by atoms with Crippen LogP contribution in [0.4, 0.5) is 0 Å². The van der Waals surface area contributed by atoms with E-state index in [9.17, 15) is 4.79 Å². The van der Waals surface area contributed by atoms with Crippen LogP contribution < -0.4 is 19.6 Å². The van der Waals surface area contributed by atoms with Crippen molar-refractivity contribution in [2.45, 2.75) is 6.42 Å². The summed E-state index contributed by atoms with van der Waals surface area (Å²) < 4.78 is 15.9. The molecule has 0 bridgehead atoms. The van der Waals surface area contributed by atoms with Crippen molar-refractivity contribution in [3.63, 3.8) is 0 Å². The van der Waals surface area contributed by atoms with E-state index >= 15 is 0 Å². The molecule has 1 aliphatic heterocycles. The lowest BCUT2D eigenvalue weighted by Gasteiger charge is -2.32. The Morgan fingerprint density at radius 2 is 1.69 bits per heavy atom. The zero-order valence-electron chi connectivity index (χ0n) is 15.9. The van der Waals surface area contributed by atoms with Gasteiger partial charge >= 0.3 is 0 Å². The molecule has 8 nitrogen and oxygen atoms in total. The average molecular weight is 364 g/mol. The van der Waals surface area contributed by atoms with Crippen LogP contribution >= 0.6 is 0 Å². The Morgan fingerprint density at radius 3 is 2.31 bits per heavy atom. The van der Waals surface area contributed by atoms with E-state index in [4.69, 9.17) is 14.2 Å². The maximum atomic E-state index is 12.0. The van der Waals surface area contributed by atoms with Gasteiger partial charge in [-0.1, -0.05) is 0 Å². The normalized spacial score (nSPS) is 15.8. The van der Waals surface area contributed by atoms with E-state index in [0.29, 0.717) is 29.2 Å². The second-order valence-corrected chi connectivity index (χ2v) is 6.14. The van der Waals surface area contributed by atoms with Crippen molar-refractivity contribution in [3.8, 4) is 17.2 Å². The van der Waals surface area contributed by atoms with Crippen LogP contribution in [0.1, 0.15) is 12.0 Å². The molecule has 0 spiro atoms. The Hall–Kier alpha value is -2.32. The van der Waals surface area contributed by atoms with Gasteiger partial charge < -0.3 is 24.0 Å². The van der Waals surface area contributed by atoms with Crippen LogP contribution in [0.15, 0.2) is 17.2 Å². The summed E-state index contributed by atoms with van der Waals surface area (Å²) in [5.41, 5.74) is 3.25. The molecule has 0 saturated carbocycles. The van der Waals surface area contributed by atoms with E-state index in [2.05, 4.69) is 27.4 Å². The molecule has 1 aromatic rings. The quantitative estimate of drug-likeness (QED) is 0.543. The third-order valence-electron chi connectivity index (χ3n) is 4.38. The number of ether oxygens (including phenoxy) is 3. The molecular weight excluding hydrogens is 336 g/mol. The molecule has 144 valence electrons. The highest BCUT2D eigenvalue weighted by atomic mass is 16.5. The SMILES string of the molecule is COc1cc(OC)c(OC)cc1C=NNC(=O)CCN1CCN(C)CC1. The van der Waals surface area contributed by atoms with Crippen molar-refractivity contribution in [2.75, 3.05) is 61.1 Å². The topological polar surface area (TPSA) is 75.6 Å². The van der Waals surface area contributed by atoms with Crippen molar-refractivity contribution >= 4 is 12.1 Å². The van der Waals surface area contributed by atoms with Crippen LogP contribution in [0, 0.1) is 0 Å². The van der Waals surface area contributed by atoms with Gasteiger partial charge in [-0.2, -0.15) is 5.10 Å². The molecule has 0 atom stereocenters. The third kappa shape index (κ3) is 5.60. The van der Waals surface area contributed by atoms with Crippen molar-refractivity contribution in [3.05, 3.63) is 17.7 Å². The first kappa shape index (κ1) is 20.0. The molecule has 0 radical (unpaired) electrons. The Balaban J connectivity index is 1.88. The minimum absolute atomic E-state index is 0.111. The van der Waals surface area contributed by atoms with Crippen LogP contribution in [-0.4, -0.2) is 83.0 Å². The van der Waals surface area contributed by atoms with Gasteiger partial charge in [-0.3, -0.25) is 4.79 Å². The molecular formula is C18H28N4O4. The van der Waals surface area contributed by atoms with E-state index in [1.807, 2.05) is 0 Å².